The van der Waals surface area contributed by atoms with E-state index in [1.165, 1.54) is 6.33 Å². The Labute approximate surface area is 93.7 Å². The number of H-pyrrole nitrogens is 1. The van der Waals surface area contributed by atoms with Crippen molar-refractivity contribution in [3.8, 4) is 6.07 Å². The molecule has 0 spiro atoms. The summed E-state index contributed by atoms with van der Waals surface area (Å²) < 4.78 is 0. The molecule has 2 heterocycles. The molecule has 2 aromatic heterocycles. The fourth-order valence-corrected chi connectivity index (χ4v) is 1.63. The molecule has 16 heavy (non-hydrogen) atoms. The van der Waals surface area contributed by atoms with Gasteiger partial charge in [-0.15, -0.1) is 0 Å². The van der Waals surface area contributed by atoms with Crippen molar-refractivity contribution in [1.82, 2.24) is 19.9 Å². The minimum atomic E-state index is 0.638. The molecule has 0 atom stereocenters. The molecule has 0 aromatic carbocycles. The van der Waals surface area contributed by atoms with Crippen LogP contribution in [0.3, 0.4) is 0 Å². The summed E-state index contributed by atoms with van der Waals surface area (Å²) in [7, 11) is 4.02. The summed E-state index contributed by atoms with van der Waals surface area (Å²) >= 11 is 0. The average molecular weight is 215 g/mol. The molecule has 5 nitrogen and oxygen atoms in total. The fourth-order valence-electron chi connectivity index (χ4n) is 1.63. The van der Waals surface area contributed by atoms with Crippen molar-refractivity contribution in [3.63, 3.8) is 0 Å². The van der Waals surface area contributed by atoms with Gasteiger partial charge in [-0.3, -0.25) is 0 Å². The number of nitrogens with zero attached hydrogens (tertiary/aromatic N) is 4. The molecule has 0 bridgehead atoms. The first kappa shape index (κ1) is 10.6. The van der Waals surface area contributed by atoms with Gasteiger partial charge in [-0.2, -0.15) is 5.26 Å². The van der Waals surface area contributed by atoms with Crippen LogP contribution in [0.5, 0.6) is 0 Å². The predicted octanol–water partition coefficient (Wildman–Crippen LogP) is 0.934. The molecule has 0 saturated carbocycles. The smallest absolute Gasteiger partial charge is 0.116 e. The van der Waals surface area contributed by atoms with Crippen LogP contribution in [0, 0.1) is 11.3 Å². The van der Waals surface area contributed by atoms with Gasteiger partial charge in [-0.1, -0.05) is 0 Å². The molecule has 5 heteroatoms. The Morgan fingerprint density at radius 3 is 3.00 bits per heavy atom. The van der Waals surface area contributed by atoms with E-state index in [1.807, 2.05) is 14.1 Å². The summed E-state index contributed by atoms with van der Waals surface area (Å²) in [4.78, 5) is 13.3. The van der Waals surface area contributed by atoms with Crippen LogP contribution in [0.15, 0.2) is 12.5 Å². The summed E-state index contributed by atoms with van der Waals surface area (Å²) in [5.41, 5.74) is 3.12. The normalized spacial score (nSPS) is 10.9. The van der Waals surface area contributed by atoms with Gasteiger partial charge in [0.15, 0.2) is 0 Å². The number of likely N-dealkylation sites (N-methyl/N-ethyl adjacent to an activating group) is 1. The van der Waals surface area contributed by atoms with Gasteiger partial charge < -0.3 is 9.88 Å². The first-order chi connectivity index (χ1) is 7.72. The highest BCUT2D eigenvalue weighted by Gasteiger charge is 2.11. The fraction of sp³-hybridized carbons (Fsp3) is 0.364. The van der Waals surface area contributed by atoms with E-state index in [0.717, 1.165) is 24.2 Å². The minimum absolute atomic E-state index is 0.638. The van der Waals surface area contributed by atoms with Crippen molar-refractivity contribution >= 4 is 11.0 Å². The van der Waals surface area contributed by atoms with Crippen molar-refractivity contribution in [2.45, 2.75) is 6.42 Å². The Hall–Kier alpha value is -1.93. The van der Waals surface area contributed by atoms with Crippen LogP contribution < -0.4 is 0 Å². The zero-order valence-corrected chi connectivity index (χ0v) is 9.36. The number of hydrogen-bond donors (Lipinski definition) is 1. The van der Waals surface area contributed by atoms with Gasteiger partial charge in [0.2, 0.25) is 0 Å². The Balaban J connectivity index is 2.41. The van der Waals surface area contributed by atoms with Gasteiger partial charge in [-0.05, 0) is 14.1 Å². The second-order valence-corrected chi connectivity index (χ2v) is 3.93. The van der Waals surface area contributed by atoms with Crippen molar-refractivity contribution in [1.29, 1.82) is 5.26 Å². The van der Waals surface area contributed by atoms with E-state index in [-0.39, 0.29) is 0 Å². The van der Waals surface area contributed by atoms with E-state index in [9.17, 15) is 0 Å². The summed E-state index contributed by atoms with van der Waals surface area (Å²) in [5, 5.41) is 9.13. The monoisotopic (exact) mass is 215 g/mol. The van der Waals surface area contributed by atoms with E-state index in [1.54, 1.807) is 6.20 Å². The molecule has 0 radical (unpaired) electrons. The molecule has 0 aliphatic rings. The lowest BCUT2D eigenvalue weighted by Crippen LogP contribution is -2.15. The van der Waals surface area contributed by atoms with Crippen molar-refractivity contribution < 1.29 is 0 Å². The third kappa shape index (κ3) is 1.88. The number of rotatable bonds is 3. The van der Waals surface area contributed by atoms with Crippen molar-refractivity contribution in [3.05, 3.63) is 23.8 Å². The first-order valence-corrected chi connectivity index (χ1v) is 5.07. The topological polar surface area (TPSA) is 68.6 Å². The van der Waals surface area contributed by atoms with Gasteiger partial charge in [0.1, 0.15) is 17.9 Å². The third-order valence-electron chi connectivity index (χ3n) is 2.46. The number of aromatic amines is 1. The molecule has 1 N–H and O–H groups in total. The van der Waals surface area contributed by atoms with E-state index >= 15 is 0 Å². The zero-order chi connectivity index (χ0) is 11.5. The maximum atomic E-state index is 9.13. The molecule has 0 amide bonds. The number of nitrogens with one attached hydrogen (secondary N) is 1. The number of fused-ring (bicyclic) bond motifs is 1. The number of hydrogen-bond acceptors (Lipinski definition) is 4. The maximum absolute atomic E-state index is 9.13. The predicted molar refractivity (Wildman–Crippen MR) is 60.9 cm³/mol. The van der Waals surface area contributed by atoms with Gasteiger partial charge >= 0.3 is 0 Å². The molecule has 0 fully saturated rings. The molecule has 82 valence electrons. The first-order valence-electron chi connectivity index (χ1n) is 5.07. The molecule has 0 aliphatic carbocycles. The van der Waals surface area contributed by atoms with Crippen LogP contribution in [-0.4, -0.2) is 40.5 Å². The van der Waals surface area contributed by atoms with E-state index in [4.69, 9.17) is 5.26 Å². The van der Waals surface area contributed by atoms with Crippen LogP contribution in [0.4, 0.5) is 0 Å². The highest BCUT2D eigenvalue weighted by atomic mass is 15.0. The molecule has 2 aromatic rings. The number of nitriles is 1. The highest BCUT2D eigenvalue weighted by molar-refractivity contribution is 5.82. The third-order valence-corrected chi connectivity index (χ3v) is 2.46. The highest BCUT2D eigenvalue weighted by Crippen LogP contribution is 2.18. The summed E-state index contributed by atoms with van der Waals surface area (Å²) in [6, 6.07) is 2.20. The van der Waals surface area contributed by atoms with Gasteiger partial charge in [0, 0.05) is 18.7 Å². The van der Waals surface area contributed by atoms with Crippen LogP contribution in [0.2, 0.25) is 0 Å². The Morgan fingerprint density at radius 1 is 1.50 bits per heavy atom. The molecule has 0 saturated heterocycles. The van der Waals surface area contributed by atoms with Crippen molar-refractivity contribution in [2.24, 2.45) is 0 Å². The lowest BCUT2D eigenvalue weighted by Gasteiger charge is -2.07. The van der Waals surface area contributed by atoms with Crippen LogP contribution in [0.1, 0.15) is 11.3 Å². The van der Waals surface area contributed by atoms with Crippen LogP contribution in [-0.2, 0) is 6.42 Å². The second-order valence-electron chi connectivity index (χ2n) is 3.93. The summed E-state index contributed by atoms with van der Waals surface area (Å²) in [6.45, 7) is 0.898. The van der Waals surface area contributed by atoms with Crippen LogP contribution in [0.25, 0.3) is 11.0 Å². The van der Waals surface area contributed by atoms with E-state index in [0.29, 0.717) is 11.1 Å². The van der Waals surface area contributed by atoms with Gasteiger partial charge in [-0.25, -0.2) is 9.97 Å². The molecule has 0 aliphatic heterocycles. The average Bonchev–Trinajstić information content (AvgIpc) is 2.63. The lowest BCUT2D eigenvalue weighted by atomic mass is 10.2. The lowest BCUT2D eigenvalue weighted by molar-refractivity contribution is 0.412. The van der Waals surface area contributed by atoms with Gasteiger partial charge in [0.05, 0.1) is 17.3 Å². The molecule has 2 rings (SSSR count). The Morgan fingerprint density at radius 2 is 2.31 bits per heavy atom. The minimum Gasteiger partial charge on any atom is -0.355 e. The molecular weight excluding hydrogens is 202 g/mol. The summed E-state index contributed by atoms with van der Waals surface area (Å²) in [6.07, 6.45) is 3.97. The largest absolute Gasteiger partial charge is 0.355 e. The quantitative estimate of drug-likeness (QED) is 0.827. The molecular formula is C11H13N5. The van der Waals surface area contributed by atoms with E-state index < -0.39 is 0 Å². The zero-order valence-electron chi connectivity index (χ0n) is 9.36. The Bertz CT molecular complexity index is 535. The Kier molecular flexibility index (Phi) is 2.84. The maximum Gasteiger partial charge on any atom is 0.116 e. The molecule has 0 unspecified atom stereocenters. The van der Waals surface area contributed by atoms with Gasteiger partial charge in [0.25, 0.3) is 0 Å². The van der Waals surface area contributed by atoms with Crippen molar-refractivity contribution in [2.75, 3.05) is 20.6 Å². The second kappa shape index (κ2) is 4.29. The number of aromatic nitrogens is 3. The SMILES string of the molecule is CN(C)CCc1[nH]c2cncnc2c1C#N. The summed E-state index contributed by atoms with van der Waals surface area (Å²) in [5.74, 6) is 0. The standard InChI is InChI=1S/C11H13N5/c1-16(2)4-3-9-8(5-12)11-10(15-9)6-13-7-14-11/h6-7,15H,3-4H2,1-2H3. The van der Waals surface area contributed by atoms with E-state index in [2.05, 4.69) is 25.9 Å². The van der Waals surface area contributed by atoms with Crippen LogP contribution >= 0.6 is 0 Å².